The van der Waals surface area contributed by atoms with Crippen molar-refractivity contribution in [2.75, 3.05) is 11.1 Å². The fourth-order valence-corrected chi connectivity index (χ4v) is 2.35. The summed E-state index contributed by atoms with van der Waals surface area (Å²) in [4.78, 5) is 0. The van der Waals surface area contributed by atoms with E-state index in [0.29, 0.717) is 23.2 Å². The number of benzene rings is 1. The van der Waals surface area contributed by atoms with Crippen LogP contribution in [0.1, 0.15) is 31.7 Å². The molecule has 0 amide bonds. The van der Waals surface area contributed by atoms with Crippen LogP contribution in [0.2, 0.25) is 0 Å². The summed E-state index contributed by atoms with van der Waals surface area (Å²) in [7, 11) is 0. The second-order valence-corrected chi connectivity index (χ2v) is 4.54. The first-order valence-electron chi connectivity index (χ1n) is 5.77. The van der Waals surface area contributed by atoms with Crippen molar-refractivity contribution in [3.63, 3.8) is 0 Å². The van der Waals surface area contributed by atoms with E-state index in [1.165, 1.54) is 19.3 Å². The van der Waals surface area contributed by atoms with Crippen LogP contribution in [0.15, 0.2) is 18.2 Å². The third kappa shape index (κ3) is 1.96. The van der Waals surface area contributed by atoms with Gasteiger partial charge in [-0.2, -0.15) is 5.26 Å². The van der Waals surface area contributed by atoms with Crippen molar-refractivity contribution in [3.8, 4) is 6.07 Å². The minimum Gasteiger partial charge on any atom is -0.396 e. The van der Waals surface area contributed by atoms with Crippen molar-refractivity contribution >= 4 is 11.4 Å². The fraction of sp³-hybridized carbons (Fsp3) is 0.462. The normalized spacial score (nSPS) is 24.0. The van der Waals surface area contributed by atoms with Crippen LogP contribution in [0, 0.1) is 17.2 Å². The van der Waals surface area contributed by atoms with Crippen molar-refractivity contribution < 1.29 is 0 Å². The Morgan fingerprint density at radius 3 is 2.88 bits per heavy atom. The van der Waals surface area contributed by atoms with E-state index in [2.05, 4.69) is 18.3 Å². The predicted octanol–water partition coefficient (Wildman–Crippen LogP) is 2.74. The fourth-order valence-electron chi connectivity index (χ4n) is 2.35. The van der Waals surface area contributed by atoms with Gasteiger partial charge >= 0.3 is 0 Å². The predicted molar refractivity (Wildman–Crippen MR) is 66.0 cm³/mol. The Kier molecular flexibility index (Phi) is 3.00. The Balaban J connectivity index is 2.19. The highest BCUT2D eigenvalue weighted by Gasteiger charge is 2.23. The van der Waals surface area contributed by atoms with Gasteiger partial charge in [-0.05, 0) is 30.9 Å². The maximum Gasteiger partial charge on any atom is 0.101 e. The van der Waals surface area contributed by atoms with Gasteiger partial charge in [0.05, 0.1) is 16.9 Å². The van der Waals surface area contributed by atoms with Crippen LogP contribution in [0.5, 0.6) is 0 Å². The topological polar surface area (TPSA) is 61.8 Å². The smallest absolute Gasteiger partial charge is 0.101 e. The average Bonchev–Trinajstić information content (AvgIpc) is 2.68. The number of rotatable bonds is 2. The van der Waals surface area contributed by atoms with Gasteiger partial charge in [-0.1, -0.05) is 19.4 Å². The Morgan fingerprint density at radius 2 is 2.25 bits per heavy atom. The molecule has 1 aromatic carbocycles. The number of para-hydroxylation sites is 1. The molecular formula is C13H17N3. The first-order valence-corrected chi connectivity index (χ1v) is 5.77. The molecule has 0 aromatic heterocycles. The monoisotopic (exact) mass is 215 g/mol. The van der Waals surface area contributed by atoms with Gasteiger partial charge in [0, 0.05) is 6.04 Å². The molecule has 1 aliphatic rings. The Bertz CT molecular complexity index is 420. The summed E-state index contributed by atoms with van der Waals surface area (Å²) < 4.78 is 0. The lowest BCUT2D eigenvalue weighted by molar-refractivity contribution is 0.556. The minimum atomic E-state index is 0.497. The molecule has 84 valence electrons. The number of hydrogen-bond acceptors (Lipinski definition) is 3. The van der Waals surface area contributed by atoms with E-state index >= 15 is 0 Å². The SMILES string of the molecule is CC1CCCC1Nc1cccc(C#N)c1N. The molecule has 3 N–H and O–H groups in total. The molecule has 1 saturated carbocycles. The molecular weight excluding hydrogens is 198 g/mol. The van der Waals surface area contributed by atoms with Crippen molar-refractivity contribution in [2.45, 2.75) is 32.2 Å². The lowest BCUT2D eigenvalue weighted by atomic mass is 10.1. The molecule has 2 atom stereocenters. The number of nitrogens with one attached hydrogen (secondary N) is 1. The number of nitrogens with zero attached hydrogens (tertiary/aromatic N) is 1. The highest BCUT2D eigenvalue weighted by Crippen LogP contribution is 2.30. The summed E-state index contributed by atoms with van der Waals surface area (Å²) in [5, 5.41) is 12.4. The highest BCUT2D eigenvalue weighted by molar-refractivity contribution is 5.73. The van der Waals surface area contributed by atoms with E-state index in [1.807, 2.05) is 12.1 Å². The molecule has 3 nitrogen and oxygen atoms in total. The molecule has 0 saturated heterocycles. The van der Waals surface area contributed by atoms with E-state index in [4.69, 9.17) is 11.0 Å². The summed E-state index contributed by atoms with van der Waals surface area (Å²) in [6, 6.07) is 8.17. The molecule has 1 aliphatic carbocycles. The second kappa shape index (κ2) is 4.44. The number of nitriles is 1. The maximum atomic E-state index is 8.90. The largest absolute Gasteiger partial charge is 0.396 e. The van der Waals surface area contributed by atoms with Crippen LogP contribution in [0.4, 0.5) is 11.4 Å². The quantitative estimate of drug-likeness (QED) is 0.746. The molecule has 0 aliphatic heterocycles. The van der Waals surface area contributed by atoms with Crippen LogP contribution >= 0.6 is 0 Å². The van der Waals surface area contributed by atoms with Gasteiger partial charge in [0.25, 0.3) is 0 Å². The number of anilines is 2. The third-order valence-corrected chi connectivity index (χ3v) is 3.43. The molecule has 0 spiro atoms. The maximum absolute atomic E-state index is 8.90. The Labute approximate surface area is 96.3 Å². The lowest BCUT2D eigenvalue weighted by Gasteiger charge is -2.20. The van der Waals surface area contributed by atoms with E-state index in [-0.39, 0.29) is 0 Å². The third-order valence-electron chi connectivity index (χ3n) is 3.43. The van der Waals surface area contributed by atoms with Gasteiger partial charge in [0.15, 0.2) is 0 Å². The molecule has 16 heavy (non-hydrogen) atoms. The zero-order valence-electron chi connectivity index (χ0n) is 9.53. The molecule has 3 heteroatoms. The summed E-state index contributed by atoms with van der Waals surface area (Å²) in [5.41, 5.74) is 7.96. The van der Waals surface area contributed by atoms with Crippen molar-refractivity contribution in [1.82, 2.24) is 0 Å². The number of nitrogen functional groups attached to an aromatic ring is 1. The van der Waals surface area contributed by atoms with Gasteiger partial charge in [0.1, 0.15) is 6.07 Å². The van der Waals surface area contributed by atoms with Gasteiger partial charge in [-0.3, -0.25) is 0 Å². The number of hydrogen-bond donors (Lipinski definition) is 2. The molecule has 0 heterocycles. The molecule has 1 aromatic rings. The summed E-state index contributed by atoms with van der Waals surface area (Å²) in [6.45, 7) is 2.26. The van der Waals surface area contributed by atoms with Gasteiger partial charge in [-0.25, -0.2) is 0 Å². The van der Waals surface area contributed by atoms with E-state index in [9.17, 15) is 0 Å². The summed E-state index contributed by atoms with van der Waals surface area (Å²) >= 11 is 0. The Hall–Kier alpha value is -1.69. The average molecular weight is 215 g/mol. The van der Waals surface area contributed by atoms with E-state index < -0.39 is 0 Å². The minimum absolute atomic E-state index is 0.497. The van der Waals surface area contributed by atoms with E-state index in [1.54, 1.807) is 6.07 Å². The molecule has 1 fully saturated rings. The summed E-state index contributed by atoms with van der Waals surface area (Å²) in [5.74, 6) is 0.685. The van der Waals surface area contributed by atoms with Crippen molar-refractivity contribution in [1.29, 1.82) is 5.26 Å². The zero-order chi connectivity index (χ0) is 11.5. The van der Waals surface area contributed by atoms with Crippen molar-refractivity contribution in [3.05, 3.63) is 23.8 Å². The second-order valence-electron chi connectivity index (χ2n) is 4.54. The first kappa shape index (κ1) is 10.8. The summed E-state index contributed by atoms with van der Waals surface area (Å²) in [6.07, 6.45) is 3.74. The van der Waals surface area contributed by atoms with Gasteiger partial charge in [-0.15, -0.1) is 0 Å². The zero-order valence-corrected chi connectivity index (χ0v) is 9.53. The molecule has 2 rings (SSSR count). The van der Waals surface area contributed by atoms with Crippen LogP contribution in [-0.2, 0) is 0 Å². The van der Waals surface area contributed by atoms with Crippen LogP contribution in [-0.4, -0.2) is 6.04 Å². The highest BCUT2D eigenvalue weighted by atomic mass is 14.9. The van der Waals surface area contributed by atoms with Gasteiger partial charge in [0.2, 0.25) is 0 Å². The van der Waals surface area contributed by atoms with Crippen LogP contribution in [0.25, 0.3) is 0 Å². The van der Waals surface area contributed by atoms with Gasteiger partial charge < -0.3 is 11.1 Å². The number of nitrogens with two attached hydrogens (primary N) is 1. The standard InChI is InChI=1S/C13H17N3/c1-9-4-2-6-11(9)16-12-7-3-5-10(8-14)13(12)15/h3,5,7,9,11,16H,2,4,6,15H2,1H3. The lowest BCUT2D eigenvalue weighted by Crippen LogP contribution is -2.22. The van der Waals surface area contributed by atoms with Crippen molar-refractivity contribution in [2.24, 2.45) is 5.92 Å². The molecule has 2 unspecified atom stereocenters. The molecule has 0 radical (unpaired) electrons. The first-order chi connectivity index (χ1) is 7.72. The molecule has 0 bridgehead atoms. The Morgan fingerprint density at radius 1 is 1.44 bits per heavy atom. The van der Waals surface area contributed by atoms with Crippen LogP contribution < -0.4 is 11.1 Å². The van der Waals surface area contributed by atoms with E-state index in [0.717, 1.165) is 5.69 Å². The van der Waals surface area contributed by atoms with Crippen LogP contribution in [0.3, 0.4) is 0 Å².